The molecule has 0 unspecified atom stereocenters. The van der Waals surface area contributed by atoms with E-state index in [1.54, 1.807) is 0 Å². The van der Waals surface area contributed by atoms with E-state index in [0.29, 0.717) is 6.61 Å². The lowest BCUT2D eigenvalue weighted by Crippen LogP contribution is -2.18. The summed E-state index contributed by atoms with van der Waals surface area (Å²) in [4.78, 5) is 12.5. The zero-order valence-corrected chi connectivity index (χ0v) is 12.7. The minimum absolute atomic E-state index is 0.115. The van der Waals surface area contributed by atoms with Gasteiger partial charge in [-0.15, -0.1) is 0 Å². The first-order chi connectivity index (χ1) is 10.8. The maximum Gasteiger partial charge on any atom is 0.316 e. The van der Waals surface area contributed by atoms with Crippen LogP contribution < -0.4 is 0 Å². The molecule has 1 fully saturated rings. The predicted molar refractivity (Wildman–Crippen MR) is 88.3 cm³/mol. The maximum atomic E-state index is 12.5. The lowest BCUT2D eigenvalue weighted by molar-refractivity contribution is -0.147. The van der Waals surface area contributed by atoms with Crippen molar-refractivity contribution in [2.45, 2.75) is 19.3 Å². The molecule has 2 aromatic rings. The van der Waals surface area contributed by atoms with Crippen LogP contribution in [0.2, 0.25) is 0 Å². The van der Waals surface area contributed by atoms with Gasteiger partial charge in [-0.1, -0.05) is 72.8 Å². The van der Waals surface area contributed by atoms with Crippen LogP contribution in [0.5, 0.6) is 0 Å². The first-order valence-corrected chi connectivity index (χ1v) is 7.73. The van der Waals surface area contributed by atoms with Gasteiger partial charge in [0.1, 0.15) is 0 Å². The van der Waals surface area contributed by atoms with E-state index in [2.05, 4.69) is 12.1 Å². The Morgan fingerprint density at radius 2 is 1.77 bits per heavy atom. The van der Waals surface area contributed by atoms with Crippen LogP contribution in [-0.2, 0) is 9.53 Å². The van der Waals surface area contributed by atoms with Crippen molar-refractivity contribution in [3.63, 3.8) is 0 Å². The van der Waals surface area contributed by atoms with E-state index >= 15 is 0 Å². The summed E-state index contributed by atoms with van der Waals surface area (Å²) >= 11 is 0. The molecular weight excluding hydrogens is 272 g/mol. The van der Waals surface area contributed by atoms with Gasteiger partial charge in [-0.2, -0.15) is 0 Å². The summed E-state index contributed by atoms with van der Waals surface area (Å²) in [6, 6.07) is 20.3. The number of rotatable bonds is 5. The average Bonchev–Trinajstić information content (AvgIpc) is 3.31. The third-order valence-electron chi connectivity index (χ3n) is 4.23. The molecule has 0 spiro atoms. The topological polar surface area (TPSA) is 26.3 Å². The maximum absolute atomic E-state index is 12.5. The van der Waals surface area contributed by atoms with Crippen molar-refractivity contribution in [3.8, 4) is 0 Å². The lowest BCUT2D eigenvalue weighted by Gasteiger charge is -2.12. The minimum Gasteiger partial charge on any atom is -0.465 e. The number of benzene rings is 2. The Morgan fingerprint density at radius 1 is 1.14 bits per heavy atom. The molecule has 112 valence electrons. The molecule has 22 heavy (non-hydrogen) atoms. The number of ether oxygens (including phenoxy) is 1. The third kappa shape index (κ3) is 2.82. The van der Waals surface area contributed by atoms with E-state index in [1.807, 2.05) is 67.6 Å². The highest BCUT2D eigenvalue weighted by Crippen LogP contribution is 2.61. The van der Waals surface area contributed by atoms with Crippen molar-refractivity contribution in [2.24, 2.45) is 5.41 Å². The normalized spacial score (nSPS) is 23.4. The summed E-state index contributed by atoms with van der Waals surface area (Å²) in [5.41, 5.74) is 1.80. The van der Waals surface area contributed by atoms with Gasteiger partial charge in [0, 0.05) is 5.92 Å². The fourth-order valence-corrected chi connectivity index (χ4v) is 2.93. The molecule has 0 amide bonds. The number of esters is 1. The van der Waals surface area contributed by atoms with Crippen LogP contribution in [0, 0.1) is 5.41 Å². The first-order valence-electron chi connectivity index (χ1n) is 7.73. The van der Waals surface area contributed by atoms with Crippen LogP contribution in [-0.4, -0.2) is 12.6 Å². The van der Waals surface area contributed by atoms with Crippen molar-refractivity contribution in [3.05, 3.63) is 77.9 Å². The van der Waals surface area contributed by atoms with Crippen LogP contribution in [0.4, 0.5) is 0 Å². The van der Waals surface area contributed by atoms with Crippen LogP contribution in [0.3, 0.4) is 0 Å². The molecular formula is C20H20O2. The van der Waals surface area contributed by atoms with Gasteiger partial charge in [-0.25, -0.2) is 0 Å². The zero-order chi connectivity index (χ0) is 15.4. The molecule has 0 N–H and O–H groups in total. The summed E-state index contributed by atoms with van der Waals surface area (Å²) in [5.74, 6) is 0.101. The molecule has 2 nitrogen and oxygen atoms in total. The summed E-state index contributed by atoms with van der Waals surface area (Å²) in [5, 5.41) is 0. The highest BCUT2D eigenvalue weighted by atomic mass is 16.5. The minimum atomic E-state index is -0.507. The molecule has 0 aromatic heterocycles. The van der Waals surface area contributed by atoms with E-state index < -0.39 is 5.41 Å². The van der Waals surface area contributed by atoms with Crippen LogP contribution in [0.15, 0.2) is 66.7 Å². The Balaban J connectivity index is 1.86. The molecule has 0 aliphatic heterocycles. The lowest BCUT2D eigenvalue weighted by atomic mass is 9.97. The van der Waals surface area contributed by atoms with E-state index in [-0.39, 0.29) is 11.9 Å². The fraction of sp³-hybridized carbons (Fsp3) is 0.250. The SMILES string of the molecule is CCOC(=O)[C@]1(/C=C/c2ccccc2)C[C@H]1c1ccccc1. The summed E-state index contributed by atoms with van der Waals surface area (Å²) in [6.45, 7) is 2.27. The second kappa shape index (κ2) is 6.18. The number of hydrogen-bond donors (Lipinski definition) is 0. The van der Waals surface area contributed by atoms with Gasteiger partial charge in [0.2, 0.25) is 0 Å². The Kier molecular flexibility index (Phi) is 4.10. The molecule has 1 aliphatic rings. The molecule has 0 heterocycles. The van der Waals surface area contributed by atoms with Crippen molar-refractivity contribution >= 4 is 12.0 Å². The smallest absolute Gasteiger partial charge is 0.316 e. The molecule has 1 saturated carbocycles. The molecule has 0 bridgehead atoms. The quantitative estimate of drug-likeness (QED) is 0.762. The van der Waals surface area contributed by atoms with Gasteiger partial charge >= 0.3 is 5.97 Å². The molecule has 0 radical (unpaired) electrons. The Morgan fingerprint density at radius 3 is 2.41 bits per heavy atom. The summed E-state index contributed by atoms with van der Waals surface area (Å²) in [7, 11) is 0. The summed E-state index contributed by atoms with van der Waals surface area (Å²) < 4.78 is 5.32. The standard InChI is InChI=1S/C20H20O2/c1-2-22-19(21)20(14-13-16-9-5-3-6-10-16)15-18(20)17-11-7-4-8-12-17/h3-14,18H,2,15H2,1H3/b14-13+/t18-,20+/m0/s1. The predicted octanol–water partition coefficient (Wildman–Crippen LogP) is 4.44. The van der Waals surface area contributed by atoms with Gasteiger partial charge in [-0.05, 0) is 24.5 Å². The Hall–Kier alpha value is -2.35. The third-order valence-corrected chi connectivity index (χ3v) is 4.23. The van der Waals surface area contributed by atoms with Gasteiger partial charge in [0.25, 0.3) is 0 Å². The molecule has 1 aliphatic carbocycles. The van der Waals surface area contributed by atoms with Crippen LogP contribution >= 0.6 is 0 Å². The van der Waals surface area contributed by atoms with Crippen molar-refractivity contribution in [1.82, 2.24) is 0 Å². The van der Waals surface area contributed by atoms with Gasteiger partial charge in [0.05, 0.1) is 12.0 Å². The van der Waals surface area contributed by atoms with E-state index in [9.17, 15) is 4.79 Å². The van der Waals surface area contributed by atoms with Gasteiger partial charge in [0.15, 0.2) is 0 Å². The molecule has 2 heteroatoms. The molecule has 0 saturated heterocycles. The number of carbonyl (C=O) groups excluding carboxylic acids is 1. The molecule has 2 aromatic carbocycles. The van der Waals surface area contributed by atoms with Crippen molar-refractivity contribution in [1.29, 1.82) is 0 Å². The highest BCUT2D eigenvalue weighted by molar-refractivity contribution is 5.86. The monoisotopic (exact) mass is 292 g/mol. The number of carbonyl (C=O) groups is 1. The van der Waals surface area contributed by atoms with Crippen LogP contribution in [0.25, 0.3) is 6.08 Å². The summed E-state index contributed by atoms with van der Waals surface area (Å²) in [6.07, 6.45) is 4.87. The van der Waals surface area contributed by atoms with E-state index in [1.165, 1.54) is 5.56 Å². The Labute approximate surface area is 131 Å². The molecule has 3 rings (SSSR count). The second-order valence-corrected chi connectivity index (χ2v) is 5.67. The highest BCUT2D eigenvalue weighted by Gasteiger charge is 2.59. The average molecular weight is 292 g/mol. The second-order valence-electron chi connectivity index (χ2n) is 5.67. The number of hydrogen-bond acceptors (Lipinski definition) is 2. The van der Waals surface area contributed by atoms with E-state index in [4.69, 9.17) is 4.74 Å². The molecule has 2 atom stereocenters. The first kappa shape index (κ1) is 14.6. The largest absolute Gasteiger partial charge is 0.465 e. The van der Waals surface area contributed by atoms with Crippen molar-refractivity contribution < 1.29 is 9.53 Å². The van der Waals surface area contributed by atoms with Gasteiger partial charge in [-0.3, -0.25) is 4.79 Å². The van der Waals surface area contributed by atoms with Gasteiger partial charge < -0.3 is 4.74 Å². The zero-order valence-electron chi connectivity index (χ0n) is 12.7. The Bertz CT molecular complexity index is 661. The van der Waals surface area contributed by atoms with Crippen molar-refractivity contribution in [2.75, 3.05) is 6.61 Å². The van der Waals surface area contributed by atoms with E-state index in [0.717, 1.165) is 12.0 Å². The fourth-order valence-electron chi connectivity index (χ4n) is 2.93. The van der Waals surface area contributed by atoms with Crippen LogP contribution in [0.1, 0.15) is 30.4 Å².